The molecule has 2 aromatic carbocycles. The molecule has 2 N–H and O–H groups in total. The smallest absolute Gasteiger partial charge is 0.290 e. The fourth-order valence-electron chi connectivity index (χ4n) is 4.86. The number of thiazole rings is 1. The average Bonchev–Trinajstić information content (AvgIpc) is 3.53. The second-order valence-electron chi connectivity index (χ2n) is 7.74. The molecule has 2 aliphatic heterocycles. The topological polar surface area (TPSA) is 99.6 Å². The summed E-state index contributed by atoms with van der Waals surface area (Å²) in [6, 6.07) is 17.9. The van der Waals surface area contributed by atoms with Crippen molar-refractivity contribution >= 4 is 35.3 Å². The first-order valence-electron chi connectivity index (χ1n) is 10.3. The number of amides is 2. The Kier molecular flexibility index (Phi) is 6.32. The number of para-hydroxylation sites is 1. The van der Waals surface area contributed by atoms with Crippen molar-refractivity contribution in [3.63, 3.8) is 0 Å². The molecule has 2 atom stereocenters. The number of likely N-dealkylation sites (tertiary alicyclic amines) is 1. The number of fused-ring (bicyclic) bond motifs is 2. The van der Waals surface area contributed by atoms with Crippen LogP contribution in [0.3, 0.4) is 0 Å². The lowest BCUT2D eigenvalue weighted by molar-refractivity contribution is -0.123. The molecule has 0 bridgehead atoms. The largest absolute Gasteiger partial charge is 0.483 e. The van der Waals surface area contributed by atoms with Gasteiger partial charge in [-0.15, -0.1) is 11.3 Å². The highest BCUT2D eigenvalue weighted by Crippen LogP contribution is 2.49. The predicted octanol–water partition coefficient (Wildman–Crippen LogP) is 3.58. The Morgan fingerprint density at radius 3 is 2.66 bits per heavy atom. The fourth-order valence-corrected chi connectivity index (χ4v) is 5.39. The van der Waals surface area contributed by atoms with Crippen LogP contribution in [0.5, 0.6) is 0 Å². The highest BCUT2D eigenvalue weighted by Gasteiger charge is 2.58. The van der Waals surface area contributed by atoms with Crippen molar-refractivity contribution in [2.45, 2.75) is 30.7 Å². The van der Waals surface area contributed by atoms with Gasteiger partial charge in [0.1, 0.15) is 5.69 Å². The summed E-state index contributed by atoms with van der Waals surface area (Å²) in [5.41, 5.74) is 4.53. The highest BCUT2D eigenvalue weighted by molar-refractivity contribution is 7.07. The van der Waals surface area contributed by atoms with Crippen LogP contribution in [0, 0.1) is 0 Å². The Morgan fingerprint density at radius 1 is 1.22 bits per heavy atom. The lowest BCUT2D eigenvalue weighted by atomic mass is 9.73. The van der Waals surface area contributed by atoms with E-state index in [1.54, 1.807) is 10.9 Å². The van der Waals surface area contributed by atoms with E-state index in [1.807, 2.05) is 47.4 Å². The quantitative estimate of drug-likeness (QED) is 0.593. The van der Waals surface area contributed by atoms with Gasteiger partial charge < -0.3 is 15.3 Å². The molecule has 1 spiro atoms. The first kappa shape index (κ1) is 21.7. The normalized spacial score (nSPS) is 20.9. The summed E-state index contributed by atoms with van der Waals surface area (Å²) in [5.74, 6) is -0.0799. The Labute approximate surface area is 189 Å². The molecule has 5 rings (SSSR count). The van der Waals surface area contributed by atoms with E-state index in [-0.39, 0.29) is 24.3 Å². The molecule has 32 heavy (non-hydrogen) atoms. The summed E-state index contributed by atoms with van der Waals surface area (Å²) < 4.78 is 0. The number of carbonyl (C=O) groups excluding carboxylic acids is 2. The Morgan fingerprint density at radius 2 is 1.94 bits per heavy atom. The van der Waals surface area contributed by atoms with Crippen molar-refractivity contribution in [3.05, 3.63) is 82.3 Å². The zero-order valence-corrected chi connectivity index (χ0v) is 18.1. The van der Waals surface area contributed by atoms with Crippen molar-refractivity contribution in [2.24, 2.45) is 0 Å². The van der Waals surface area contributed by atoms with Gasteiger partial charge in [0, 0.05) is 17.6 Å². The van der Waals surface area contributed by atoms with E-state index < -0.39 is 5.41 Å². The van der Waals surface area contributed by atoms with Gasteiger partial charge in [-0.2, -0.15) is 0 Å². The minimum Gasteiger partial charge on any atom is -0.483 e. The summed E-state index contributed by atoms with van der Waals surface area (Å²) in [7, 11) is 0. The van der Waals surface area contributed by atoms with Gasteiger partial charge in [0.05, 0.1) is 17.0 Å². The molecule has 0 unspecified atom stereocenters. The van der Waals surface area contributed by atoms with Gasteiger partial charge in [-0.3, -0.25) is 14.4 Å². The SMILES string of the molecule is O=C(c1cscn1)N1CC[C@@]2(C(=O)Nc3ccccc32)[C@@H]1CCc1ccccc1.O=CO. The van der Waals surface area contributed by atoms with Crippen molar-refractivity contribution in [3.8, 4) is 0 Å². The van der Waals surface area contributed by atoms with Crippen LogP contribution in [-0.2, 0) is 21.4 Å². The number of hydrogen-bond acceptors (Lipinski definition) is 5. The molecule has 1 saturated heterocycles. The van der Waals surface area contributed by atoms with Gasteiger partial charge in [0.2, 0.25) is 5.91 Å². The van der Waals surface area contributed by atoms with E-state index in [9.17, 15) is 9.59 Å². The third kappa shape index (κ3) is 3.78. The zero-order chi connectivity index (χ0) is 22.6. The molecule has 2 amide bonds. The van der Waals surface area contributed by atoms with Crippen LogP contribution in [0.2, 0.25) is 0 Å². The van der Waals surface area contributed by atoms with E-state index in [0.717, 1.165) is 24.1 Å². The number of nitrogens with zero attached hydrogens (tertiary/aromatic N) is 2. The van der Waals surface area contributed by atoms with Crippen LogP contribution in [-0.4, -0.2) is 45.9 Å². The standard InChI is InChI=1S/C23H21N3O2S.CH2O2/c27-21(19-14-29-15-24-19)26-13-12-23(17-8-4-5-9-18(17)25-22(23)28)20(26)11-10-16-6-2-1-3-7-16;2-1-3/h1-9,14-15,20H,10-13H2,(H,25,28);1H,(H,2,3)/t20-,23-;/m0./s1. The molecular formula is C24H23N3O4S. The molecule has 0 saturated carbocycles. The lowest BCUT2D eigenvalue weighted by Gasteiger charge is -2.34. The van der Waals surface area contributed by atoms with Crippen LogP contribution in [0.25, 0.3) is 0 Å². The van der Waals surface area contributed by atoms with Gasteiger partial charge >= 0.3 is 0 Å². The molecule has 3 heterocycles. The molecule has 1 aromatic heterocycles. The van der Waals surface area contributed by atoms with E-state index in [1.165, 1.54) is 16.9 Å². The minimum atomic E-state index is -0.697. The van der Waals surface area contributed by atoms with Gasteiger partial charge in [-0.1, -0.05) is 48.5 Å². The second kappa shape index (κ2) is 9.32. The first-order valence-corrected chi connectivity index (χ1v) is 11.3. The molecule has 3 aromatic rings. The van der Waals surface area contributed by atoms with E-state index in [0.29, 0.717) is 18.7 Å². The fraction of sp³-hybridized carbons (Fsp3) is 0.250. The Balaban J connectivity index is 0.000000775. The summed E-state index contributed by atoms with van der Waals surface area (Å²) in [4.78, 5) is 41.0. The molecule has 0 aliphatic carbocycles. The summed E-state index contributed by atoms with van der Waals surface area (Å²) in [6.45, 7) is 0.303. The molecule has 1 fully saturated rings. The van der Waals surface area contributed by atoms with E-state index in [2.05, 4.69) is 22.4 Å². The lowest BCUT2D eigenvalue weighted by Crippen LogP contribution is -2.49. The maximum absolute atomic E-state index is 13.3. The van der Waals surface area contributed by atoms with Crippen molar-refractivity contribution in [1.82, 2.24) is 9.88 Å². The molecule has 164 valence electrons. The van der Waals surface area contributed by atoms with Crippen molar-refractivity contribution < 1.29 is 19.5 Å². The molecule has 2 aliphatic rings. The highest BCUT2D eigenvalue weighted by atomic mass is 32.1. The van der Waals surface area contributed by atoms with E-state index in [4.69, 9.17) is 9.90 Å². The van der Waals surface area contributed by atoms with Gasteiger partial charge in [0.15, 0.2) is 0 Å². The third-order valence-corrected chi connectivity index (χ3v) is 6.80. The molecule has 7 nitrogen and oxygen atoms in total. The zero-order valence-electron chi connectivity index (χ0n) is 17.3. The molecular weight excluding hydrogens is 426 g/mol. The van der Waals surface area contributed by atoms with Gasteiger partial charge in [0.25, 0.3) is 12.4 Å². The molecule has 0 radical (unpaired) electrons. The number of hydrogen-bond donors (Lipinski definition) is 2. The number of anilines is 1. The number of aryl methyl sites for hydroxylation is 1. The number of aromatic nitrogens is 1. The van der Waals surface area contributed by atoms with Crippen LogP contribution < -0.4 is 5.32 Å². The number of rotatable bonds is 4. The van der Waals surface area contributed by atoms with Crippen LogP contribution in [0.15, 0.2) is 65.5 Å². The number of carbonyl (C=O) groups is 3. The summed E-state index contributed by atoms with van der Waals surface area (Å²) in [6.07, 6.45) is 2.16. The minimum absolute atomic E-state index is 0.00494. The summed E-state index contributed by atoms with van der Waals surface area (Å²) >= 11 is 1.41. The maximum atomic E-state index is 13.3. The monoisotopic (exact) mass is 449 g/mol. The number of nitrogens with one attached hydrogen (secondary N) is 1. The van der Waals surface area contributed by atoms with E-state index >= 15 is 0 Å². The molecule has 8 heteroatoms. The van der Waals surface area contributed by atoms with Gasteiger partial charge in [-0.05, 0) is 36.5 Å². The number of benzene rings is 2. The second-order valence-corrected chi connectivity index (χ2v) is 8.46. The van der Waals surface area contributed by atoms with Gasteiger partial charge in [-0.25, -0.2) is 4.98 Å². The van der Waals surface area contributed by atoms with Crippen LogP contribution >= 0.6 is 11.3 Å². The first-order chi connectivity index (χ1) is 15.6. The van der Waals surface area contributed by atoms with Crippen molar-refractivity contribution in [1.29, 1.82) is 0 Å². The predicted molar refractivity (Wildman–Crippen MR) is 122 cm³/mol. The maximum Gasteiger partial charge on any atom is 0.290 e. The van der Waals surface area contributed by atoms with Crippen LogP contribution in [0.1, 0.15) is 34.5 Å². The van der Waals surface area contributed by atoms with Crippen LogP contribution in [0.4, 0.5) is 5.69 Å². The third-order valence-electron chi connectivity index (χ3n) is 6.21. The summed E-state index contributed by atoms with van der Waals surface area (Å²) in [5, 5.41) is 11.7. The Bertz CT molecular complexity index is 1100. The van der Waals surface area contributed by atoms with Crippen molar-refractivity contribution in [2.75, 3.05) is 11.9 Å². The average molecular weight is 450 g/mol. The number of carboxylic acid groups (broad SMARTS) is 1. The Hall–Kier alpha value is -3.52.